The third kappa shape index (κ3) is 37.4. The van der Waals surface area contributed by atoms with Gasteiger partial charge in [-0.25, -0.2) is 0 Å². The van der Waals surface area contributed by atoms with Crippen LogP contribution in [-0.2, 0) is 4.57 Å². The minimum atomic E-state index is -5.39. The van der Waals surface area contributed by atoms with Crippen molar-refractivity contribution in [2.75, 3.05) is 57.0 Å². The van der Waals surface area contributed by atoms with Crippen molar-refractivity contribution < 1.29 is 19.2 Å². The van der Waals surface area contributed by atoms with Gasteiger partial charge in [0, 0.05) is 41.8 Å². The van der Waals surface area contributed by atoms with Crippen LogP contribution in [0.3, 0.4) is 0 Å². The lowest BCUT2D eigenvalue weighted by atomic mass is 10.2. The highest BCUT2D eigenvalue weighted by Gasteiger charge is 2.38. The summed E-state index contributed by atoms with van der Waals surface area (Å²) in [7, 11) is -7.26. The van der Waals surface area contributed by atoms with E-state index in [2.05, 4.69) is 103 Å². The van der Waals surface area contributed by atoms with Crippen molar-refractivity contribution in [1.82, 2.24) is 0 Å². The fourth-order valence-corrected chi connectivity index (χ4v) is 19.2. The molecule has 0 aromatic carbocycles. The zero-order valence-corrected chi connectivity index (χ0v) is 42.8. The Kier molecular flexibility index (Phi) is 44.8. The third-order valence-electron chi connectivity index (χ3n) is 12.3. The van der Waals surface area contributed by atoms with Crippen LogP contribution >= 0.6 is 29.6 Å². The molecule has 0 aliphatic heterocycles. The van der Waals surface area contributed by atoms with E-state index in [-0.39, 0.29) is 0 Å². The molecule has 53 heavy (non-hydrogen) atoms. The van der Waals surface area contributed by atoms with Crippen LogP contribution < -0.4 is 14.7 Å². The Balaban J connectivity index is -0.000000318. The Morgan fingerprint density at radius 1 is 0.358 bits per heavy atom. The first-order valence-electron chi connectivity index (χ1n) is 23.1. The molecule has 0 rings (SSSR count). The lowest BCUT2D eigenvalue weighted by Gasteiger charge is -2.36. The number of hydrogen-bond acceptors (Lipinski definition) is 4. The quantitative estimate of drug-likeness (QED) is 0.0675. The van der Waals surface area contributed by atoms with E-state index in [4.69, 9.17) is 19.2 Å². The van der Waals surface area contributed by atoms with Gasteiger partial charge in [0.05, 0.1) is 53.9 Å². The molecule has 0 aromatic heterocycles. The van der Waals surface area contributed by atoms with Crippen LogP contribution in [0.15, 0.2) is 0 Å². The maximum Gasteiger partial charge on any atom is 0.0667 e. The van der Waals surface area contributed by atoms with Crippen molar-refractivity contribution in [1.29, 1.82) is 0 Å². The van der Waals surface area contributed by atoms with E-state index < -0.39 is 29.6 Å². The molecule has 0 spiro atoms. The molecule has 0 saturated carbocycles. The van der Waals surface area contributed by atoms with Crippen LogP contribution in [0.1, 0.15) is 218 Å². The van der Waals surface area contributed by atoms with Gasteiger partial charge in [-0.3, -0.25) is 0 Å². The largest absolute Gasteiger partial charge is 0.822 e. The van der Waals surface area contributed by atoms with Gasteiger partial charge in [0.1, 0.15) is 0 Å². The first-order chi connectivity index (χ1) is 24.8. The maximum absolute atomic E-state index is 8.55. The average Bonchev–Trinajstić information content (AvgIpc) is 3.12. The standard InChI is InChI=1S/3C15H34P.H3O4P/c3*1-6-9-12-15(4)16(5,13-10-7-2)14-11-8-3;1-5(2,3)4/h3*15H,6-14H2,1-5H3;(H3,1,2,3,4)/q3*+1;/p-3. The molecule has 3 unspecified atom stereocenters. The second-order valence-electron chi connectivity index (χ2n) is 17.3. The summed E-state index contributed by atoms with van der Waals surface area (Å²) < 4.78 is 8.55. The monoisotopic (exact) mass is 831 g/mol. The summed E-state index contributed by atoms with van der Waals surface area (Å²) in [5, 5.41) is 0. The van der Waals surface area contributed by atoms with Crippen LogP contribution in [0, 0.1) is 0 Å². The molecule has 0 amide bonds. The molecule has 8 heteroatoms. The van der Waals surface area contributed by atoms with E-state index in [1.54, 1.807) is 37.0 Å². The molecule has 0 bridgehead atoms. The van der Waals surface area contributed by atoms with E-state index in [1.807, 2.05) is 0 Å². The van der Waals surface area contributed by atoms with Gasteiger partial charge >= 0.3 is 0 Å². The highest BCUT2D eigenvalue weighted by molar-refractivity contribution is 7.76. The van der Waals surface area contributed by atoms with Crippen molar-refractivity contribution in [2.45, 2.75) is 235 Å². The van der Waals surface area contributed by atoms with Gasteiger partial charge in [-0.05, 0) is 97.8 Å². The Labute approximate surface area is 339 Å². The number of hydrogen-bond donors (Lipinski definition) is 0. The van der Waals surface area contributed by atoms with E-state index in [1.165, 1.54) is 135 Å². The summed E-state index contributed by atoms with van der Waals surface area (Å²) >= 11 is 0. The fraction of sp³-hybridized carbons (Fsp3) is 1.00. The lowest BCUT2D eigenvalue weighted by molar-refractivity contribution is -0.432. The van der Waals surface area contributed by atoms with Crippen molar-refractivity contribution in [2.24, 2.45) is 0 Å². The Bertz CT molecular complexity index is 673. The van der Waals surface area contributed by atoms with Crippen LogP contribution in [0.25, 0.3) is 0 Å². The van der Waals surface area contributed by atoms with Crippen LogP contribution in [0.5, 0.6) is 0 Å². The summed E-state index contributed by atoms with van der Waals surface area (Å²) in [6.07, 6.45) is 39.2. The highest BCUT2D eigenvalue weighted by atomic mass is 31.2. The molecule has 0 aromatic rings. The van der Waals surface area contributed by atoms with E-state index >= 15 is 0 Å². The Hall–Kier alpha value is 1.40. The first kappa shape index (κ1) is 61.1. The van der Waals surface area contributed by atoms with Crippen molar-refractivity contribution in [3.63, 3.8) is 0 Å². The molecular formula is C45H102O4P4. The van der Waals surface area contributed by atoms with Gasteiger partial charge in [0.2, 0.25) is 0 Å². The van der Waals surface area contributed by atoms with E-state index in [0.29, 0.717) is 0 Å². The van der Waals surface area contributed by atoms with E-state index in [9.17, 15) is 0 Å². The van der Waals surface area contributed by atoms with Crippen LogP contribution in [-0.4, -0.2) is 73.9 Å². The third-order valence-corrected chi connectivity index (χ3v) is 27.4. The molecule has 4 nitrogen and oxygen atoms in total. The minimum absolute atomic E-state index is 0.623. The summed E-state index contributed by atoms with van der Waals surface area (Å²) in [6, 6.07) is 0. The first-order valence-corrected chi connectivity index (χ1v) is 32.6. The molecule has 0 N–H and O–H groups in total. The fourth-order valence-electron chi connectivity index (χ4n) is 7.21. The predicted octanol–water partition coefficient (Wildman–Crippen LogP) is 14.6. The molecule has 3 atom stereocenters. The summed E-state index contributed by atoms with van der Waals surface area (Å²) in [6.45, 7) is 36.5. The van der Waals surface area contributed by atoms with Gasteiger partial charge in [-0.2, -0.15) is 7.82 Å². The second-order valence-corrected chi connectivity index (χ2v) is 32.4. The molecular weight excluding hydrogens is 728 g/mol. The number of phosphoric acid groups is 1. The molecule has 0 aliphatic rings. The smallest absolute Gasteiger partial charge is 0.0667 e. The summed E-state index contributed by atoms with van der Waals surface area (Å²) in [5.74, 6) is 0. The second kappa shape index (κ2) is 38.9. The van der Waals surface area contributed by atoms with Gasteiger partial charge in [0.25, 0.3) is 0 Å². The minimum Gasteiger partial charge on any atom is -0.822 e. The zero-order valence-electron chi connectivity index (χ0n) is 39.2. The van der Waals surface area contributed by atoms with Gasteiger partial charge < -0.3 is 19.2 Å². The van der Waals surface area contributed by atoms with Crippen LogP contribution in [0.2, 0.25) is 0 Å². The molecule has 0 saturated heterocycles. The van der Waals surface area contributed by atoms with Gasteiger partial charge in [-0.15, -0.1) is 0 Å². The lowest BCUT2D eigenvalue weighted by Crippen LogP contribution is -2.24. The van der Waals surface area contributed by atoms with Crippen LogP contribution in [0.4, 0.5) is 0 Å². The molecule has 326 valence electrons. The average molecular weight is 831 g/mol. The molecule has 0 radical (unpaired) electrons. The van der Waals surface area contributed by atoms with Gasteiger partial charge in [-0.1, -0.05) is 120 Å². The SMILES string of the molecule is CCCCC(C)[P+](C)(CCCC)CCCC.CCCCC(C)[P+](C)(CCCC)CCCC.CCCCC(C)[P+](C)(CCCC)CCCC.O=P([O-])([O-])[O-]. The highest BCUT2D eigenvalue weighted by Crippen LogP contribution is 2.63. The van der Waals surface area contributed by atoms with Crippen molar-refractivity contribution >= 4 is 29.6 Å². The topological polar surface area (TPSA) is 86.2 Å². The summed E-state index contributed by atoms with van der Waals surface area (Å²) in [4.78, 5) is 25.6. The zero-order chi connectivity index (χ0) is 41.8. The molecule has 0 fully saturated rings. The normalized spacial score (nSPS) is 13.8. The number of rotatable bonds is 30. The molecule has 0 aliphatic carbocycles. The maximum atomic E-state index is 8.55. The van der Waals surface area contributed by atoms with Crippen molar-refractivity contribution in [3.05, 3.63) is 0 Å². The Morgan fingerprint density at radius 2 is 0.491 bits per heavy atom. The predicted molar refractivity (Wildman–Crippen MR) is 252 cm³/mol. The number of unbranched alkanes of at least 4 members (excludes halogenated alkanes) is 9. The van der Waals surface area contributed by atoms with E-state index in [0.717, 1.165) is 17.0 Å². The molecule has 0 heterocycles. The summed E-state index contributed by atoms with van der Waals surface area (Å²) in [5.41, 5.74) is 3.06. The van der Waals surface area contributed by atoms with Crippen molar-refractivity contribution in [3.8, 4) is 0 Å². The Morgan fingerprint density at radius 3 is 0.604 bits per heavy atom. The van der Waals surface area contributed by atoms with Gasteiger partial charge in [0.15, 0.2) is 0 Å².